The number of aliphatic hydroxyl groups is 1. The van der Waals surface area contributed by atoms with Gasteiger partial charge in [-0.3, -0.25) is 9.48 Å². The Bertz CT molecular complexity index is 421. The average Bonchev–Trinajstić information content (AvgIpc) is 2.58. The van der Waals surface area contributed by atoms with Crippen LogP contribution in [0.2, 0.25) is 0 Å². The number of likely N-dealkylation sites (tertiary alicyclic amines) is 1. The second-order valence-electron chi connectivity index (χ2n) is 4.95. The van der Waals surface area contributed by atoms with Crippen LogP contribution in [-0.2, 0) is 11.3 Å². The maximum Gasteiger partial charge on any atom is 0.244 e. The molecule has 1 amide bonds. The fourth-order valence-corrected chi connectivity index (χ4v) is 1.86. The number of hydrogen-bond acceptors (Lipinski definition) is 4. The topological polar surface area (TPSA) is 84.4 Å². The van der Waals surface area contributed by atoms with E-state index in [1.807, 2.05) is 13.8 Å². The number of nitrogens with zero attached hydrogens (tertiary/aromatic N) is 3. The number of anilines is 1. The number of nitrogens with two attached hydrogens (primary N) is 1. The van der Waals surface area contributed by atoms with E-state index in [4.69, 9.17) is 5.73 Å². The Balaban J connectivity index is 1.88. The Morgan fingerprint density at radius 1 is 1.65 bits per heavy atom. The van der Waals surface area contributed by atoms with Crippen LogP contribution in [0, 0.1) is 5.92 Å². The molecule has 17 heavy (non-hydrogen) atoms. The van der Waals surface area contributed by atoms with Gasteiger partial charge in [0.25, 0.3) is 0 Å². The highest BCUT2D eigenvalue weighted by Gasteiger charge is 2.45. The van der Waals surface area contributed by atoms with Gasteiger partial charge in [0, 0.05) is 6.20 Å². The van der Waals surface area contributed by atoms with E-state index >= 15 is 0 Å². The van der Waals surface area contributed by atoms with Gasteiger partial charge < -0.3 is 15.7 Å². The molecule has 0 spiro atoms. The van der Waals surface area contributed by atoms with Crippen LogP contribution >= 0.6 is 0 Å². The van der Waals surface area contributed by atoms with Crippen LogP contribution in [0.15, 0.2) is 12.3 Å². The van der Waals surface area contributed by atoms with E-state index in [1.165, 1.54) is 4.68 Å². The molecular weight excluding hydrogens is 220 g/mol. The third kappa shape index (κ3) is 2.26. The molecule has 1 aromatic heterocycles. The van der Waals surface area contributed by atoms with Crippen LogP contribution in [0.3, 0.4) is 0 Å². The van der Waals surface area contributed by atoms with Crippen molar-refractivity contribution in [3.8, 4) is 0 Å². The van der Waals surface area contributed by atoms with E-state index in [9.17, 15) is 9.90 Å². The SMILES string of the molecule is CC(C)C1(O)CN(C(=O)Cn2ccc(N)n2)C1. The maximum atomic E-state index is 11.8. The van der Waals surface area contributed by atoms with Gasteiger partial charge in [0.15, 0.2) is 0 Å². The minimum absolute atomic E-state index is 0.0431. The molecule has 0 saturated carbocycles. The Kier molecular flexibility index (Phi) is 2.82. The van der Waals surface area contributed by atoms with Crippen LogP contribution in [0.5, 0.6) is 0 Å². The van der Waals surface area contributed by atoms with Gasteiger partial charge in [-0.15, -0.1) is 0 Å². The second-order valence-corrected chi connectivity index (χ2v) is 4.95. The molecule has 6 nitrogen and oxygen atoms in total. The summed E-state index contributed by atoms with van der Waals surface area (Å²) in [6.07, 6.45) is 1.67. The Morgan fingerprint density at radius 3 is 2.76 bits per heavy atom. The van der Waals surface area contributed by atoms with Crippen LogP contribution < -0.4 is 5.73 Å². The average molecular weight is 238 g/mol. The van der Waals surface area contributed by atoms with E-state index < -0.39 is 5.60 Å². The highest BCUT2D eigenvalue weighted by atomic mass is 16.3. The lowest BCUT2D eigenvalue weighted by atomic mass is 9.83. The van der Waals surface area contributed by atoms with E-state index in [0.29, 0.717) is 18.9 Å². The summed E-state index contributed by atoms with van der Waals surface area (Å²) in [6.45, 7) is 4.89. The van der Waals surface area contributed by atoms with Gasteiger partial charge in [-0.1, -0.05) is 13.8 Å². The predicted molar refractivity (Wildman–Crippen MR) is 63.0 cm³/mol. The molecule has 1 saturated heterocycles. The zero-order valence-corrected chi connectivity index (χ0v) is 10.1. The molecule has 2 rings (SSSR count). The molecular formula is C11H18N4O2. The van der Waals surface area contributed by atoms with Gasteiger partial charge >= 0.3 is 0 Å². The number of amides is 1. The molecule has 0 atom stereocenters. The molecule has 0 aromatic carbocycles. The molecule has 94 valence electrons. The van der Waals surface area contributed by atoms with Crippen molar-refractivity contribution in [1.82, 2.24) is 14.7 Å². The molecule has 1 fully saturated rings. The molecule has 0 aliphatic carbocycles. The summed E-state index contributed by atoms with van der Waals surface area (Å²) in [5.74, 6) is 0.519. The fourth-order valence-electron chi connectivity index (χ4n) is 1.86. The number of hydrogen-bond donors (Lipinski definition) is 2. The minimum atomic E-state index is -0.723. The number of β-amino-alcohol motifs (C(OH)–C–C–N with tert-alkyl or cyclic N) is 1. The first-order valence-corrected chi connectivity index (χ1v) is 5.70. The number of carbonyl (C=O) groups is 1. The molecule has 1 aliphatic rings. The number of rotatable bonds is 3. The standard InChI is InChI=1S/C11H18N4O2/c1-8(2)11(17)6-14(7-11)10(16)5-15-4-3-9(12)13-15/h3-4,8,17H,5-7H2,1-2H3,(H2,12,13). The molecule has 0 bridgehead atoms. The van der Waals surface area contributed by atoms with Gasteiger partial charge in [0.1, 0.15) is 18.0 Å². The van der Waals surface area contributed by atoms with E-state index in [1.54, 1.807) is 17.2 Å². The van der Waals surface area contributed by atoms with Crippen molar-refractivity contribution >= 4 is 11.7 Å². The van der Waals surface area contributed by atoms with Gasteiger partial charge in [0.2, 0.25) is 5.91 Å². The normalized spacial score (nSPS) is 18.2. The summed E-state index contributed by atoms with van der Waals surface area (Å²) in [4.78, 5) is 13.5. The van der Waals surface area contributed by atoms with E-state index in [0.717, 1.165) is 0 Å². The van der Waals surface area contributed by atoms with E-state index in [-0.39, 0.29) is 18.4 Å². The van der Waals surface area contributed by atoms with Gasteiger partial charge in [-0.05, 0) is 12.0 Å². The third-order valence-electron chi connectivity index (χ3n) is 3.32. The van der Waals surface area contributed by atoms with Crippen molar-refractivity contribution in [2.45, 2.75) is 26.0 Å². The zero-order valence-electron chi connectivity index (χ0n) is 10.1. The summed E-state index contributed by atoms with van der Waals surface area (Å²) < 4.78 is 1.50. The second kappa shape index (κ2) is 4.03. The lowest BCUT2D eigenvalue weighted by Gasteiger charge is -2.49. The van der Waals surface area contributed by atoms with Crippen molar-refractivity contribution in [3.05, 3.63) is 12.3 Å². The number of aromatic nitrogens is 2. The predicted octanol–water partition coefficient (Wildman–Crippen LogP) is -0.305. The number of carbonyl (C=O) groups excluding carboxylic acids is 1. The van der Waals surface area contributed by atoms with Crippen LogP contribution in [0.1, 0.15) is 13.8 Å². The van der Waals surface area contributed by atoms with Crippen molar-refractivity contribution in [1.29, 1.82) is 0 Å². The summed E-state index contributed by atoms with van der Waals surface area (Å²) in [5, 5.41) is 14.0. The third-order valence-corrected chi connectivity index (χ3v) is 3.32. The van der Waals surface area contributed by atoms with Crippen LogP contribution in [0.25, 0.3) is 0 Å². The monoisotopic (exact) mass is 238 g/mol. The maximum absolute atomic E-state index is 11.8. The fraction of sp³-hybridized carbons (Fsp3) is 0.636. The molecule has 0 radical (unpaired) electrons. The van der Waals surface area contributed by atoms with Crippen LogP contribution in [-0.4, -0.2) is 44.4 Å². The lowest BCUT2D eigenvalue weighted by Crippen LogP contribution is -2.66. The number of nitrogen functional groups attached to an aromatic ring is 1. The Morgan fingerprint density at radius 2 is 2.29 bits per heavy atom. The minimum Gasteiger partial charge on any atom is -0.386 e. The van der Waals surface area contributed by atoms with Gasteiger partial charge in [-0.2, -0.15) is 5.10 Å². The first kappa shape index (κ1) is 11.9. The Hall–Kier alpha value is -1.56. The van der Waals surface area contributed by atoms with Crippen molar-refractivity contribution in [2.75, 3.05) is 18.8 Å². The smallest absolute Gasteiger partial charge is 0.244 e. The highest BCUT2D eigenvalue weighted by molar-refractivity contribution is 5.77. The summed E-state index contributed by atoms with van der Waals surface area (Å²) in [7, 11) is 0. The Labute approximate surface area is 100 Å². The van der Waals surface area contributed by atoms with Gasteiger partial charge in [0.05, 0.1) is 13.1 Å². The summed E-state index contributed by atoms with van der Waals surface area (Å²) >= 11 is 0. The largest absolute Gasteiger partial charge is 0.386 e. The first-order chi connectivity index (χ1) is 7.90. The quantitative estimate of drug-likeness (QED) is 0.757. The molecule has 0 unspecified atom stereocenters. The highest BCUT2D eigenvalue weighted by Crippen LogP contribution is 2.28. The zero-order chi connectivity index (χ0) is 12.6. The van der Waals surface area contributed by atoms with Crippen LogP contribution in [0.4, 0.5) is 5.82 Å². The molecule has 1 aromatic rings. The lowest BCUT2D eigenvalue weighted by molar-refractivity contribution is -0.164. The van der Waals surface area contributed by atoms with E-state index in [2.05, 4.69) is 5.10 Å². The van der Waals surface area contributed by atoms with Crippen molar-refractivity contribution in [3.63, 3.8) is 0 Å². The van der Waals surface area contributed by atoms with Gasteiger partial charge in [-0.25, -0.2) is 0 Å². The molecule has 1 aliphatic heterocycles. The summed E-state index contributed by atoms with van der Waals surface area (Å²) in [6, 6.07) is 1.65. The molecule has 6 heteroatoms. The first-order valence-electron chi connectivity index (χ1n) is 5.70. The van der Waals surface area contributed by atoms with Crippen molar-refractivity contribution < 1.29 is 9.90 Å². The molecule has 2 heterocycles. The molecule has 3 N–H and O–H groups in total. The summed E-state index contributed by atoms with van der Waals surface area (Å²) in [5.41, 5.74) is 4.74. The van der Waals surface area contributed by atoms with Crippen molar-refractivity contribution in [2.24, 2.45) is 5.92 Å².